The molecule has 0 aliphatic carbocycles. The highest BCUT2D eigenvalue weighted by Crippen LogP contribution is 2.14. The summed E-state index contributed by atoms with van der Waals surface area (Å²) in [6.45, 7) is 6.41. The van der Waals surface area contributed by atoms with Gasteiger partial charge in [0.1, 0.15) is 5.75 Å². The van der Waals surface area contributed by atoms with E-state index in [1.807, 2.05) is 20.8 Å². The molecule has 1 unspecified atom stereocenters. The van der Waals surface area contributed by atoms with Crippen LogP contribution in [-0.4, -0.2) is 53.9 Å². The predicted molar refractivity (Wildman–Crippen MR) is 98.3 cm³/mol. The van der Waals surface area contributed by atoms with Crippen LogP contribution in [-0.2, 0) is 25.5 Å². The fraction of sp³-hybridized carbons (Fsp3) is 0.579. The summed E-state index contributed by atoms with van der Waals surface area (Å²) < 4.78 is 15.8. The SMILES string of the molecule is CC(C)(C)OC(O)NCCOCCC(=O)Oc1ccc(CCC(=O)O)cc1. The molecule has 0 heterocycles. The summed E-state index contributed by atoms with van der Waals surface area (Å²) in [5.74, 6) is -0.863. The number of hydrogen-bond donors (Lipinski definition) is 3. The van der Waals surface area contributed by atoms with Gasteiger partial charge >= 0.3 is 11.9 Å². The quantitative estimate of drug-likeness (QED) is 0.216. The summed E-state index contributed by atoms with van der Waals surface area (Å²) in [7, 11) is 0. The van der Waals surface area contributed by atoms with E-state index in [1.54, 1.807) is 24.3 Å². The third kappa shape index (κ3) is 12.1. The van der Waals surface area contributed by atoms with E-state index in [9.17, 15) is 14.7 Å². The smallest absolute Gasteiger partial charge is 0.313 e. The maximum Gasteiger partial charge on any atom is 0.313 e. The highest BCUT2D eigenvalue weighted by molar-refractivity contribution is 5.72. The van der Waals surface area contributed by atoms with Gasteiger partial charge < -0.3 is 24.4 Å². The monoisotopic (exact) mass is 383 g/mol. The van der Waals surface area contributed by atoms with Gasteiger partial charge in [0, 0.05) is 13.0 Å². The molecule has 27 heavy (non-hydrogen) atoms. The van der Waals surface area contributed by atoms with Crippen LogP contribution in [0.25, 0.3) is 0 Å². The lowest BCUT2D eigenvalue weighted by molar-refractivity contribution is -0.182. The molecule has 0 radical (unpaired) electrons. The van der Waals surface area contributed by atoms with E-state index in [1.165, 1.54) is 0 Å². The number of aliphatic hydroxyl groups excluding tert-OH is 1. The van der Waals surface area contributed by atoms with Crippen molar-refractivity contribution in [3.05, 3.63) is 29.8 Å². The average molecular weight is 383 g/mol. The number of carboxylic acids is 1. The van der Waals surface area contributed by atoms with Crippen LogP contribution in [0.15, 0.2) is 24.3 Å². The van der Waals surface area contributed by atoms with Crippen LogP contribution in [0.1, 0.15) is 39.2 Å². The van der Waals surface area contributed by atoms with Crippen LogP contribution in [0, 0.1) is 0 Å². The number of aliphatic hydroxyl groups is 1. The zero-order chi connectivity index (χ0) is 20.3. The van der Waals surface area contributed by atoms with Crippen LogP contribution in [0.5, 0.6) is 5.75 Å². The first-order valence-electron chi connectivity index (χ1n) is 8.84. The number of aryl methyl sites for hydroxylation is 1. The standard InChI is InChI=1S/C19H29NO7/c1-19(2,3)27-18(24)20-11-13-25-12-10-17(23)26-15-7-4-14(5-8-15)6-9-16(21)22/h4-5,7-8,18,20,24H,6,9-13H2,1-3H3,(H,21,22). The minimum Gasteiger partial charge on any atom is -0.481 e. The molecule has 0 saturated carbocycles. The Hall–Kier alpha value is -2.00. The average Bonchev–Trinajstić information content (AvgIpc) is 2.55. The van der Waals surface area contributed by atoms with Crippen LogP contribution < -0.4 is 10.1 Å². The van der Waals surface area contributed by atoms with Crippen molar-refractivity contribution in [3.8, 4) is 5.75 Å². The largest absolute Gasteiger partial charge is 0.481 e. The number of hydrogen-bond acceptors (Lipinski definition) is 7. The summed E-state index contributed by atoms with van der Waals surface area (Å²) in [5, 5.41) is 21.0. The van der Waals surface area contributed by atoms with Crippen molar-refractivity contribution < 1.29 is 34.0 Å². The van der Waals surface area contributed by atoms with Crippen LogP contribution in [0.3, 0.4) is 0 Å². The highest BCUT2D eigenvalue weighted by atomic mass is 16.6. The normalized spacial score (nSPS) is 12.6. The molecule has 0 fully saturated rings. The third-order valence-electron chi connectivity index (χ3n) is 3.26. The van der Waals surface area contributed by atoms with Gasteiger partial charge in [0.2, 0.25) is 6.41 Å². The maximum atomic E-state index is 11.8. The number of carbonyl (C=O) groups excluding carboxylic acids is 1. The van der Waals surface area contributed by atoms with Gasteiger partial charge in [-0.3, -0.25) is 14.9 Å². The van der Waals surface area contributed by atoms with Crippen molar-refractivity contribution in [2.45, 2.75) is 52.0 Å². The number of rotatable bonds is 12. The number of aliphatic carboxylic acids is 1. The van der Waals surface area contributed by atoms with Gasteiger partial charge in [0.15, 0.2) is 0 Å². The first-order chi connectivity index (χ1) is 12.7. The molecule has 1 atom stereocenters. The van der Waals surface area contributed by atoms with Gasteiger partial charge in [-0.05, 0) is 44.9 Å². The van der Waals surface area contributed by atoms with Crippen molar-refractivity contribution in [2.24, 2.45) is 0 Å². The molecule has 0 aromatic heterocycles. The Morgan fingerprint density at radius 2 is 1.78 bits per heavy atom. The Kier molecular flexibility index (Phi) is 9.95. The van der Waals surface area contributed by atoms with Gasteiger partial charge in [0.25, 0.3) is 0 Å². The third-order valence-corrected chi connectivity index (χ3v) is 3.26. The van der Waals surface area contributed by atoms with Gasteiger partial charge in [0.05, 0.1) is 25.2 Å². The maximum absolute atomic E-state index is 11.8. The van der Waals surface area contributed by atoms with E-state index in [0.717, 1.165) is 5.56 Å². The number of carbonyl (C=O) groups is 2. The lowest BCUT2D eigenvalue weighted by Crippen LogP contribution is -2.39. The second-order valence-electron chi connectivity index (χ2n) is 6.91. The van der Waals surface area contributed by atoms with Crippen molar-refractivity contribution in [1.82, 2.24) is 5.32 Å². The van der Waals surface area contributed by atoms with Crippen LogP contribution in [0.2, 0.25) is 0 Å². The Bertz CT molecular complexity index is 581. The molecule has 152 valence electrons. The number of benzene rings is 1. The Balaban J connectivity index is 2.14. The molecule has 0 aliphatic heterocycles. The van der Waals surface area contributed by atoms with E-state index >= 15 is 0 Å². The molecule has 0 saturated heterocycles. The molecule has 0 amide bonds. The van der Waals surface area contributed by atoms with Crippen LogP contribution in [0.4, 0.5) is 0 Å². The number of nitrogens with one attached hydrogen (secondary N) is 1. The second-order valence-corrected chi connectivity index (χ2v) is 6.91. The molecule has 1 rings (SSSR count). The Morgan fingerprint density at radius 1 is 1.11 bits per heavy atom. The van der Waals surface area contributed by atoms with E-state index in [4.69, 9.17) is 19.3 Å². The first kappa shape index (κ1) is 23.0. The van der Waals surface area contributed by atoms with E-state index < -0.39 is 24.0 Å². The van der Waals surface area contributed by atoms with Gasteiger partial charge in [-0.2, -0.15) is 0 Å². The molecule has 8 heteroatoms. The first-order valence-corrected chi connectivity index (χ1v) is 8.84. The van der Waals surface area contributed by atoms with Crippen molar-refractivity contribution in [2.75, 3.05) is 19.8 Å². The van der Waals surface area contributed by atoms with E-state index in [2.05, 4.69) is 5.32 Å². The second kappa shape index (κ2) is 11.7. The molecule has 0 bridgehead atoms. The number of ether oxygens (including phenoxy) is 3. The molecule has 1 aromatic carbocycles. The van der Waals surface area contributed by atoms with E-state index in [-0.39, 0.29) is 19.4 Å². The lowest BCUT2D eigenvalue weighted by atomic mass is 10.1. The zero-order valence-electron chi connectivity index (χ0n) is 16.1. The van der Waals surface area contributed by atoms with Crippen molar-refractivity contribution >= 4 is 11.9 Å². The van der Waals surface area contributed by atoms with Crippen LogP contribution >= 0.6 is 0 Å². The summed E-state index contributed by atoms with van der Waals surface area (Å²) in [6.07, 6.45) is -0.481. The minimum absolute atomic E-state index is 0.0602. The zero-order valence-corrected chi connectivity index (χ0v) is 16.1. The summed E-state index contributed by atoms with van der Waals surface area (Å²) >= 11 is 0. The van der Waals surface area contributed by atoms with E-state index in [0.29, 0.717) is 25.3 Å². The van der Waals surface area contributed by atoms with Gasteiger partial charge in [-0.15, -0.1) is 0 Å². The molecular weight excluding hydrogens is 354 g/mol. The Labute approximate surface area is 159 Å². The summed E-state index contributed by atoms with van der Waals surface area (Å²) in [5.41, 5.74) is 0.413. The molecule has 8 nitrogen and oxygen atoms in total. The molecule has 0 aliphatic rings. The number of carboxylic acid groups (broad SMARTS) is 1. The molecule has 1 aromatic rings. The van der Waals surface area contributed by atoms with Crippen molar-refractivity contribution in [3.63, 3.8) is 0 Å². The fourth-order valence-electron chi connectivity index (χ4n) is 2.05. The van der Waals surface area contributed by atoms with Gasteiger partial charge in [-0.1, -0.05) is 12.1 Å². The molecule has 3 N–H and O–H groups in total. The summed E-state index contributed by atoms with van der Waals surface area (Å²) in [4.78, 5) is 22.3. The van der Waals surface area contributed by atoms with Crippen molar-refractivity contribution in [1.29, 1.82) is 0 Å². The molecular formula is C19H29NO7. The Morgan fingerprint density at radius 3 is 2.37 bits per heavy atom. The summed E-state index contributed by atoms with van der Waals surface area (Å²) in [6, 6.07) is 6.74. The highest BCUT2D eigenvalue weighted by Gasteiger charge is 2.15. The topological polar surface area (TPSA) is 114 Å². The molecule has 0 spiro atoms. The fourth-order valence-corrected chi connectivity index (χ4v) is 2.05. The lowest BCUT2D eigenvalue weighted by Gasteiger charge is -2.24. The predicted octanol–water partition coefficient (Wildman–Crippen LogP) is 1.70. The minimum atomic E-state index is -1.07. The van der Waals surface area contributed by atoms with Gasteiger partial charge in [-0.25, -0.2) is 0 Å². The number of esters is 1.